The van der Waals surface area contributed by atoms with Crippen LogP contribution in [-0.4, -0.2) is 21.1 Å². The van der Waals surface area contributed by atoms with Gasteiger partial charge in [-0.2, -0.15) is 18.3 Å². The molecule has 0 amide bonds. The van der Waals surface area contributed by atoms with Crippen LogP contribution in [0.4, 0.5) is 22.0 Å². The van der Waals surface area contributed by atoms with Crippen LogP contribution >= 0.6 is 11.6 Å². The fourth-order valence-corrected chi connectivity index (χ4v) is 4.49. The molecule has 3 aromatic rings. The van der Waals surface area contributed by atoms with Gasteiger partial charge in [0.1, 0.15) is 6.10 Å². The molecule has 180 valence electrons. The molecule has 1 aliphatic carbocycles. The highest BCUT2D eigenvalue weighted by atomic mass is 35.5. The Morgan fingerprint density at radius 1 is 1.18 bits per heavy atom. The van der Waals surface area contributed by atoms with Gasteiger partial charge in [0.15, 0.2) is 17.2 Å². The van der Waals surface area contributed by atoms with E-state index in [-0.39, 0.29) is 29.4 Å². The van der Waals surface area contributed by atoms with E-state index in [0.717, 1.165) is 0 Å². The lowest BCUT2D eigenvalue weighted by Crippen LogP contribution is -2.25. The number of ether oxygens (including phenoxy) is 3. The lowest BCUT2D eigenvalue weighted by atomic mass is 9.95. The molecule has 0 N–H and O–H groups in total. The van der Waals surface area contributed by atoms with E-state index in [9.17, 15) is 22.0 Å². The third kappa shape index (κ3) is 4.13. The molecule has 1 aromatic carbocycles. The summed E-state index contributed by atoms with van der Waals surface area (Å²) < 4.78 is 83.2. The van der Waals surface area contributed by atoms with Gasteiger partial charge in [-0.25, -0.2) is 9.67 Å². The molecule has 5 rings (SSSR count). The fourth-order valence-electron chi connectivity index (χ4n) is 4.11. The molecule has 1 aliphatic heterocycles. The van der Waals surface area contributed by atoms with E-state index in [1.165, 1.54) is 41.2 Å². The molecule has 12 heteroatoms. The van der Waals surface area contributed by atoms with Gasteiger partial charge in [0.25, 0.3) is 0 Å². The Morgan fingerprint density at radius 3 is 2.71 bits per heavy atom. The van der Waals surface area contributed by atoms with Crippen LogP contribution in [0.5, 0.6) is 17.4 Å². The summed E-state index contributed by atoms with van der Waals surface area (Å²) in [4.78, 5) is 4.12. The van der Waals surface area contributed by atoms with E-state index in [1.807, 2.05) is 0 Å². The molecule has 2 aliphatic rings. The van der Waals surface area contributed by atoms with Crippen molar-refractivity contribution in [3.63, 3.8) is 0 Å². The van der Waals surface area contributed by atoms with Gasteiger partial charge < -0.3 is 14.2 Å². The topological polar surface area (TPSA) is 58.4 Å². The summed E-state index contributed by atoms with van der Waals surface area (Å²) in [7, 11) is 0. The Bertz CT molecular complexity index is 1250. The summed E-state index contributed by atoms with van der Waals surface area (Å²) in [6.07, 6.45) is -6.30. The Hall–Kier alpha value is -3.08. The smallest absolute Gasteiger partial charge is 0.470 e. The number of hydrogen-bond donors (Lipinski definition) is 0. The molecule has 1 unspecified atom stereocenters. The van der Waals surface area contributed by atoms with Gasteiger partial charge in [0.2, 0.25) is 5.88 Å². The Morgan fingerprint density at radius 2 is 1.94 bits per heavy atom. The predicted molar refractivity (Wildman–Crippen MR) is 110 cm³/mol. The van der Waals surface area contributed by atoms with Gasteiger partial charge in [-0.15, -0.1) is 20.4 Å². The van der Waals surface area contributed by atoms with Crippen molar-refractivity contribution in [2.24, 2.45) is 0 Å². The predicted octanol–water partition coefficient (Wildman–Crippen LogP) is 6.36. The molecular formula is C22H17ClF5N3O3. The first-order valence-electron chi connectivity index (χ1n) is 10.4. The molecule has 0 saturated heterocycles. The molecular weight excluding hydrogens is 485 g/mol. The summed E-state index contributed by atoms with van der Waals surface area (Å²) in [6.45, 7) is 1.66. The Kier molecular flexibility index (Phi) is 5.34. The maximum absolute atomic E-state index is 13.6. The third-order valence-corrected chi connectivity index (χ3v) is 6.05. The maximum Gasteiger partial charge on any atom is 0.586 e. The van der Waals surface area contributed by atoms with Gasteiger partial charge in [-0.1, -0.05) is 6.07 Å². The third-order valence-electron chi connectivity index (χ3n) is 5.63. The number of halogens is 6. The SMILES string of the molecule is C[C@@H](Oc1cc(-n2nc(C(F)(F)F)c3c2C(Cl)CCC3)ccn1)c1ccc2c(c1)OC(F)(F)O2. The van der Waals surface area contributed by atoms with E-state index in [0.29, 0.717) is 29.8 Å². The number of fused-ring (bicyclic) bond motifs is 2. The second kappa shape index (κ2) is 8.00. The molecule has 2 atom stereocenters. The minimum atomic E-state index is -4.61. The van der Waals surface area contributed by atoms with Crippen molar-refractivity contribution in [3.05, 3.63) is 59.0 Å². The summed E-state index contributed by atoms with van der Waals surface area (Å²) in [5.74, 6) is -0.121. The van der Waals surface area contributed by atoms with E-state index in [2.05, 4.69) is 19.6 Å². The van der Waals surface area contributed by atoms with Crippen LogP contribution < -0.4 is 14.2 Å². The quantitative estimate of drug-likeness (QED) is 0.307. The van der Waals surface area contributed by atoms with Gasteiger partial charge in [0, 0.05) is 17.8 Å². The first-order chi connectivity index (χ1) is 16.0. The summed E-state index contributed by atoms with van der Waals surface area (Å²) in [6, 6.07) is 7.19. The van der Waals surface area contributed by atoms with Crippen LogP contribution in [0.15, 0.2) is 36.5 Å². The molecule has 0 saturated carbocycles. The number of hydrogen-bond acceptors (Lipinski definition) is 5. The number of benzene rings is 1. The maximum atomic E-state index is 13.6. The van der Waals surface area contributed by atoms with Crippen LogP contribution in [0, 0.1) is 0 Å². The molecule has 3 heterocycles. The van der Waals surface area contributed by atoms with Crippen molar-refractivity contribution in [3.8, 4) is 23.1 Å². The average Bonchev–Trinajstić information content (AvgIpc) is 3.30. The standard InChI is InChI=1S/C22H17ClF5N3O3/c1-11(12-5-6-16-17(9-12)34-22(27,28)33-16)32-18-10-13(7-8-29-18)31-19-14(3-2-4-15(19)23)20(30-31)21(24,25)26/h5-11,15H,2-4H2,1H3/t11-,15?/m1/s1. The molecule has 0 spiro atoms. The molecule has 0 bridgehead atoms. The minimum absolute atomic E-state index is 0.0966. The average molecular weight is 502 g/mol. The van der Waals surface area contributed by atoms with Gasteiger partial charge >= 0.3 is 12.5 Å². The van der Waals surface area contributed by atoms with Crippen molar-refractivity contribution < 1.29 is 36.2 Å². The van der Waals surface area contributed by atoms with E-state index >= 15 is 0 Å². The molecule has 2 aromatic heterocycles. The normalized spacial score (nSPS) is 19.6. The van der Waals surface area contributed by atoms with Crippen molar-refractivity contribution in [2.45, 2.75) is 50.1 Å². The molecule has 34 heavy (non-hydrogen) atoms. The summed E-state index contributed by atoms with van der Waals surface area (Å²) in [5, 5.41) is 3.22. The van der Waals surface area contributed by atoms with Crippen molar-refractivity contribution in [2.75, 3.05) is 0 Å². The monoisotopic (exact) mass is 501 g/mol. The highest BCUT2D eigenvalue weighted by Gasteiger charge is 2.44. The fraction of sp³-hybridized carbons (Fsp3) is 0.364. The molecule has 0 radical (unpaired) electrons. The van der Waals surface area contributed by atoms with Crippen molar-refractivity contribution >= 4 is 11.6 Å². The van der Waals surface area contributed by atoms with Crippen LogP contribution in [0.25, 0.3) is 5.69 Å². The van der Waals surface area contributed by atoms with Gasteiger partial charge in [0.05, 0.1) is 16.8 Å². The highest BCUT2D eigenvalue weighted by molar-refractivity contribution is 6.20. The Labute approximate surface area is 195 Å². The van der Waals surface area contributed by atoms with Crippen LogP contribution in [-0.2, 0) is 12.6 Å². The lowest BCUT2D eigenvalue weighted by Gasteiger charge is -2.20. The largest absolute Gasteiger partial charge is 0.586 e. The lowest BCUT2D eigenvalue weighted by molar-refractivity contribution is -0.286. The Balaban J connectivity index is 1.44. The van der Waals surface area contributed by atoms with Crippen LogP contribution in [0.1, 0.15) is 53.8 Å². The van der Waals surface area contributed by atoms with E-state index in [4.69, 9.17) is 16.3 Å². The first kappa shape index (κ1) is 22.7. The van der Waals surface area contributed by atoms with E-state index in [1.54, 1.807) is 6.92 Å². The van der Waals surface area contributed by atoms with Crippen molar-refractivity contribution in [1.82, 2.24) is 14.8 Å². The number of aromatic nitrogens is 3. The van der Waals surface area contributed by atoms with Crippen molar-refractivity contribution in [1.29, 1.82) is 0 Å². The second-order valence-electron chi connectivity index (χ2n) is 7.97. The number of rotatable bonds is 4. The molecule has 0 fully saturated rings. The second-order valence-corrected chi connectivity index (χ2v) is 8.49. The first-order valence-corrected chi connectivity index (χ1v) is 10.8. The number of nitrogens with zero attached hydrogens (tertiary/aromatic N) is 3. The number of alkyl halides is 6. The summed E-state index contributed by atoms with van der Waals surface area (Å²) >= 11 is 6.39. The zero-order chi connectivity index (χ0) is 24.3. The zero-order valence-electron chi connectivity index (χ0n) is 17.6. The number of pyridine rings is 1. The minimum Gasteiger partial charge on any atom is -0.470 e. The van der Waals surface area contributed by atoms with Crippen LogP contribution in [0.3, 0.4) is 0 Å². The van der Waals surface area contributed by atoms with E-state index < -0.39 is 29.6 Å². The van der Waals surface area contributed by atoms with Crippen LogP contribution in [0.2, 0.25) is 0 Å². The van der Waals surface area contributed by atoms with Gasteiger partial charge in [-0.3, -0.25) is 0 Å². The molecule has 6 nitrogen and oxygen atoms in total. The highest BCUT2D eigenvalue weighted by Crippen LogP contribution is 2.44. The summed E-state index contributed by atoms with van der Waals surface area (Å²) in [5.41, 5.74) is 0.272. The zero-order valence-corrected chi connectivity index (χ0v) is 18.3. The van der Waals surface area contributed by atoms with Gasteiger partial charge in [-0.05, 0) is 49.9 Å².